The Kier molecular flexibility index (Phi) is 6.10. The first-order chi connectivity index (χ1) is 11.0. The topological polar surface area (TPSA) is 29.1 Å². The number of carbonyl (C=O) groups is 1. The first kappa shape index (κ1) is 17.4. The maximum absolute atomic E-state index is 11.8. The van der Waals surface area contributed by atoms with E-state index in [-0.39, 0.29) is 5.91 Å². The van der Waals surface area contributed by atoms with Gasteiger partial charge in [0.05, 0.1) is 10.0 Å². The molecule has 0 unspecified atom stereocenters. The number of aryl methyl sites for hydroxylation is 1. The van der Waals surface area contributed by atoms with Crippen molar-refractivity contribution in [2.24, 2.45) is 0 Å². The molecule has 2 rings (SSSR count). The number of nitrogens with one attached hydrogen (secondary N) is 1. The molecule has 0 bridgehead atoms. The van der Waals surface area contributed by atoms with Gasteiger partial charge in [-0.3, -0.25) is 4.79 Å². The molecule has 0 heterocycles. The van der Waals surface area contributed by atoms with Gasteiger partial charge in [-0.05, 0) is 55.2 Å². The summed E-state index contributed by atoms with van der Waals surface area (Å²) in [5.74, 6) is 5.26. The van der Waals surface area contributed by atoms with Crippen molar-refractivity contribution in [1.29, 1.82) is 0 Å². The van der Waals surface area contributed by atoms with Gasteiger partial charge < -0.3 is 5.32 Å². The summed E-state index contributed by atoms with van der Waals surface area (Å²) in [6, 6.07) is 11.3. The molecular weight excluding hydrogens is 329 g/mol. The van der Waals surface area contributed by atoms with Crippen LogP contribution in [0, 0.1) is 25.7 Å². The second-order valence-corrected chi connectivity index (χ2v) is 6.07. The molecule has 0 spiro atoms. The predicted octanol–water partition coefficient (Wildman–Crippen LogP) is 4.32. The van der Waals surface area contributed by atoms with E-state index in [1.54, 1.807) is 12.1 Å². The van der Waals surface area contributed by atoms with Crippen molar-refractivity contribution in [2.45, 2.75) is 20.3 Å². The Morgan fingerprint density at radius 1 is 1.13 bits per heavy atom. The van der Waals surface area contributed by atoms with E-state index in [0.29, 0.717) is 23.0 Å². The Morgan fingerprint density at radius 3 is 2.65 bits per heavy atom. The lowest BCUT2D eigenvalue weighted by Gasteiger charge is -2.04. The molecule has 0 atom stereocenters. The van der Waals surface area contributed by atoms with Gasteiger partial charge in [0.25, 0.3) is 5.91 Å². The van der Waals surface area contributed by atoms with Crippen LogP contribution in [0.4, 0.5) is 0 Å². The number of carbonyl (C=O) groups excluding carboxylic acids is 1. The molecule has 2 aromatic carbocycles. The van der Waals surface area contributed by atoms with Gasteiger partial charge >= 0.3 is 0 Å². The normalized spacial score (nSPS) is 9.91. The minimum absolute atomic E-state index is 0.286. The number of hydrogen-bond donors (Lipinski definition) is 1. The zero-order chi connectivity index (χ0) is 16.8. The van der Waals surface area contributed by atoms with Crippen LogP contribution in [-0.4, -0.2) is 12.5 Å². The van der Waals surface area contributed by atoms with Crippen LogP contribution in [0.5, 0.6) is 0 Å². The van der Waals surface area contributed by atoms with E-state index in [1.165, 1.54) is 0 Å². The number of halogens is 2. The lowest BCUT2D eigenvalue weighted by molar-refractivity contribution is -0.115. The number of benzene rings is 2. The molecule has 0 fully saturated rings. The maximum Gasteiger partial charge on any atom is 0.296 e. The minimum atomic E-state index is -0.286. The molecule has 118 valence electrons. The van der Waals surface area contributed by atoms with Crippen molar-refractivity contribution in [3.63, 3.8) is 0 Å². The Balaban J connectivity index is 1.89. The first-order valence-corrected chi connectivity index (χ1v) is 8.03. The van der Waals surface area contributed by atoms with Crippen LogP contribution < -0.4 is 5.32 Å². The van der Waals surface area contributed by atoms with Crippen LogP contribution in [0.25, 0.3) is 0 Å². The molecule has 0 saturated carbocycles. The average molecular weight is 346 g/mol. The van der Waals surface area contributed by atoms with Crippen LogP contribution in [0.1, 0.15) is 22.3 Å². The zero-order valence-electron chi connectivity index (χ0n) is 13.0. The summed E-state index contributed by atoms with van der Waals surface area (Å²) in [6.45, 7) is 4.53. The summed E-state index contributed by atoms with van der Waals surface area (Å²) in [5.41, 5.74) is 4.16. The van der Waals surface area contributed by atoms with Crippen molar-refractivity contribution in [2.75, 3.05) is 6.54 Å². The van der Waals surface area contributed by atoms with E-state index in [9.17, 15) is 4.79 Å². The Morgan fingerprint density at radius 2 is 1.91 bits per heavy atom. The van der Waals surface area contributed by atoms with Gasteiger partial charge in [-0.25, -0.2) is 0 Å². The van der Waals surface area contributed by atoms with Crippen LogP contribution in [0.15, 0.2) is 36.4 Å². The summed E-state index contributed by atoms with van der Waals surface area (Å²) in [5, 5.41) is 3.83. The maximum atomic E-state index is 11.8. The summed E-state index contributed by atoms with van der Waals surface area (Å²) in [4.78, 5) is 11.8. The molecular formula is C19H17Cl2NO. The smallest absolute Gasteiger partial charge is 0.296 e. The molecule has 0 aromatic heterocycles. The highest BCUT2D eigenvalue weighted by molar-refractivity contribution is 6.42. The zero-order valence-corrected chi connectivity index (χ0v) is 14.6. The Bertz CT molecular complexity index is 788. The summed E-state index contributed by atoms with van der Waals surface area (Å²) >= 11 is 11.8. The monoisotopic (exact) mass is 345 g/mol. The van der Waals surface area contributed by atoms with Gasteiger partial charge in [0.15, 0.2) is 0 Å². The van der Waals surface area contributed by atoms with Crippen molar-refractivity contribution >= 4 is 29.1 Å². The molecule has 0 aliphatic heterocycles. The fourth-order valence-corrected chi connectivity index (χ4v) is 2.39. The molecule has 2 nitrogen and oxygen atoms in total. The Hall–Kier alpha value is -1.95. The van der Waals surface area contributed by atoms with E-state index < -0.39 is 0 Å². The highest BCUT2D eigenvalue weighted by Gasteiger charge is 2.01. The quantitative estimate of drug-likeness (QED) is 0.824. The molecule has 1 amide bonds. The molecule has 2 aromatic rings. The number of amides is 1. The standard InChI is InChI=1S/C19H17Cl2NO/c1-13-4-3-5-16(14(13)2)7-9-19(23)22-11-10-15-6-8-17(20)18(21)12-15/h3-6,8,12H,10-11H2,1-2H3,(H,22,23). The van der Waals surface area contributed by atoms with E-state index in [1.807, 2.05) is 38.1 Å². The van der Waals surface area contributed by atoms with E-state index >= 15 is 0 Å². The third-order valence-corrected chi connectivity index (χ3v) is 4.34. The fourth-order valence-electron chi connectivity index (χ4n) is 2.07. The second kappa shape index (κ2) is 8.06. The van der Waals surface area contributed by atoms with Gasteiger partial charge in [-0.15, -0.1) is 0 Å². The van der Waals surface area contributed by atoms with Gasteiger partial charge in [0.2, 0.25) is 0 Å². The SMILES string of the molecule is Cc1cccc(C#CC(=O)NCCc2ccc(Cl)c(Cl)c2)c1C. The van der Waals surface area contributed by atoms with E-state index in [0.717, 1.165) is 22.3 Å². The van der Waals surface area contributed by atoms with Crippen LogP contribution >= 0.6 is 23.2 Å². The van der Waals surface area contributed by atoms with Crippen molar-refractivity contribution in [3.8, 4) is 11.8 Å². The molecule has 0 aliphatic rings. The highest BCUT2D eigenvalue weighted by atomic mass is 35.5. The summed E-state index contributed by atoms with van der Waals surface area (Å²) in [6.07, 6.45) is 0.674. The number of hydrogen-bond acceptors (Lipinski definition) is 1. The third kappa shape index (κ3) is 5.03. The van der Waals surface area contributed by atoms with Crippen LogP contribution in [-0.2, 0) is 11.2 Å². The largest absolute Gasteiger partial charge is 0.345 e. The van der Waals surface area contributed by atoms with Crippen molar-refractivity contribution in [1.82, 2.24) is 5.32 Å². The van der Waals surface area contributed by atoms with Crippen LogP contribution in [0.3, 0.4) is 0 Å². The first-order valence-electron chi connectivity index (χ1n) is 7.27. The van der Waals surface area contributed by atoms with Crippen molar-refractivity contribution in [3.05, 3.63) is 68.7 Å². The summed E-state index contributed by atoms with van der Waals surface area (Å²) in [7, 11) is 0. The number of rotatable bonds is 3. The molecule has 1 N–H and O–H groups in total. The van der Waals surface area contributed by atoms with E-state index in [4.69, 9.17) is 23.2 Å². The average Bonchev–Trinajstić information content (AvgIpc) is 2.52. The van der Waals surface area contributed by atoms with Gasteiger partial charge in [-0.1, -0.05) is 47.3 Å². The van der Waals surface area contributed by atoms with E-state index in [2.05, 4.69) is 17.2 Å². The lowest BCUT2D eigenvalue weighted by Crippen LogP contribution is -2.24. The minimum Gasteiger partial charge on any atom is -0.345 e. The second-order valence-electron chi connectivity index (χ2n) is 5.25. The highest BCUT2D eigenvalue weighted by Crippen LogP contribution is 2.22. The lowest BCUT2D eigenvalue weighted by atomic mass is 10.0. The summed E-state index contributed by atoms with van der Waals surface area (Å²) < 4.78 is 0. The molecule has 0 radical (unpaired) electrons. The molecule has 23 heavy (non-hydrogen) atoms. The molecule has 0 aliphatic carbocycles. The van der Waals surface area contributed by atoms with Crippen LogP contribution in [0.2, 0.25) is 10.0 Å². The van der Waals surface area contributed by atoms with Crippen molar-refractivity contribution < 1.29 is 4.79 Å². The third-order valence-electron chi connectivity index (χ3n) is 3.60. The molecule has 0 saturated heterocycles. The Labute approximate surface area is 146 Å². The fraction of sp³-hybridized carbons (Fsp3) is 0.211. The molecule has 4 heteroatoms. The van der Waals surface area contributed by atoms with Gasteiger partial charge in [0, 0.05) is 18.0 Å². The van der Waals surface area contributed by atoms with Gasteiger partial charge in [0.1, 0.15) is 0 Å². The van der Waals surface area contributed by atoms with Gasteiger partial charge in [-0.2, -0.15) is 0 Å². The predicted molar refractivity (Wildman–Crippen MR) is 96.0 cm³/mol.